The van der Waals surface area contributed by atoms with Gasteiger partial charge in [0.1, 0.15) is 17.5 Å². The molecule has 0 unspecified atom stereocenters. The molecule has 0 aromatic heterocycles. The van der Waals surface area contributed by atoms with Crippen molar-refractivity contribution in [1.29, 1.82) is 0 Å². The lowest BCUT2D eigenvalue weighted by molar-refractivity contribution is 0.0854. The highest BCUT2D eigenvalue weighted by Gasteiger charge is 2.33. The van der Waals surface area contributed by atoms with E-state index < -0.39 is 29.7 Å². The Morgan fingerprint density at radius 1 is 0.950 bits per heavy atom. The number of aliphatic hydroxyl groups excluding tert-OH is 1. The molecule has 1 aliphatic carbocycles. The van der Waals surface area contributed by atoms with E-state index >= 15 is 0 Å². The second-order valence-electron chi connectivity index (χ2n) is 9.78. The van der Waals surface area contributed by atoms with Crippen LogP contribution in [-0.2, 0) is 12.8 Å². The highest BCUT2D eigenvalue weighted by molar-refractivity contribution is 5.96. The van der Waals surface area contributed by atoms with Gasteiger partial charge in [-0.2, -0.15) is 0 Å². The minimum absolute atomic E-state index is 0.195. The number of amidine groups is 1. The fraction of sp³-hybridized carbons (Fsp3) is 0.188. The molecule has 1 amide bonds. The number of benzene rings is 4. The van der Waals surface area contributed by atoms with Gasteiger partial charge in [-0.3, -0.25) is 9.79 Å². The van der Waals surface area contributed by atoms with Crippen molar-refractivity contribution >= 4 is 17.4 Å². The van der Waals surface area contributed by atoms with Crippen LogP contribution in [0.15, 0.2) is 89.9 Å². The predicted octanol–water partition coefficient (Wildman–Crippen LogP) is 6.23. The summed E-state index contributed by atoms with van der Waals surface area (Å²) in [5.74, 6) is -1.54. The number of nitrogens with one attached hydrogen (secondary N) is 2. The van der Waals surface area contributed by atoms with Gasteiger partial charge in [0.05, 0.1) is 23.5 Å². The zero-order valence-electron chi connectivity index (χ0n) is 21.8. The number of rotatable bonds is 7. The average Bonchev–Trinajstić information content (AvgIpc) is 3.24. The molecule has 4 aromatic carbocycles. The Kier molecular flexibility index (Phi) is 7.98. The number of halogens is 3. The van der Waals surface area contributed by atoms with Gasteiger partial charge >= 0.3 is 0 Å². The average molecular weight is 544 g/mol. The highest BCUT2D eigenvalue weighted by atomic mass is 19.1. The molecule has 1 aliphatic rings. The van der Waals surface area contributed by atoms with Crippen LogP contribution in [0.3, 0.4) is 0 Å². The number of fused-ring (bicyclic) bond motifs is 1. The maximum atomic E-state index is 14.9. The van der Waals surface area contributed by atoms with Crippen LogP contribution in [0.5, 0.6) is 0 Å². The van der Waals surface area contributed by atoms with Gasteiger partial charge in [0.25, 0.3) is 5.91 Å². The number of anilines is 1. The van der Waals surface area contributed by atoms with E-state index in [1.165, 1.54) is 30.3 Å². The quantitative estimate of drug-likeness (QED) is 0.191. The molecule has 40 heavy (non-hydrogen) atoms. The number of carbonyl (C=O) groups is 1. The first-order valence-corrected chi connectivity index (χ1v) is 13.0. The fourth-order valence-corrected chi connectivity index (χ4v) is 4.91. The molecule has 0 aliphatic heterocycles. The van der Waals surface area contributed by atoms with Gasteiger partial charge in [-0.25, -0.2) is 13.2 Å². The van der Waals surface area contributed by atoms with Crippen LogP contribution in [0, 0.1) is 17.5 Å². The van der Waals surface area contributed by atoms with Crippen molar-refractivity contribution < 1.29 is 23.1 Å². The lowest BCUT2D eigenvalue weighted by Crippen LogP contribution is -2.34. The Labute approximate surface area is 230 Å². The van der Waals surface area contributed by atoms with Crippen molar-refractivity contribution in [3.05, 3.63) is 125 Å². The molecule has 0 radical (unpaired) electrons. The van der Waals surface area contributed by atoms with E-state index in [1.54, 1.807) is 30.3 Å². The zero-order chi connectivity index (χ0) is 28.2. The number of aliphatic hydroxyl groups is 1. The predicted molar refractivity (Wildman–Crippen MR) is 150 cm³/mol. The Morgan fingerprint density at radius 2 is 1.73 bits per heavy atom. The van der Waals surface area contributed by atoms with Crippen LogP contribution in [0.1, 0.15) is 40.0 Å². The minimum Gasteiger partial charge on any atom is -0.390 e. The molecule has 3 N–H and O–H groups in total. The molecule has 0 fully saturated rings. The molecule has 0 heterocycles. The summed E-state index contributed by atoms with van der Waals surface area (Å²) in [6.45, 7) is 2.35. The number of hydrogen-bond donors (Lipinski definition) is 3. The highest BCUT2D eigenvalue weighted by Crippen LogP contribution is 2.34. The van der Waals surface area contributed by atoms with Crippen LogP contribution in [0.25, 0.3) is 11.1 Å². The maximum Gasteiger partial charge on any atom is 0.254 e. The molecule has 5 rings (SSSR count). The third kappa shape index (κ3) is 6.07. The molecule has 0 spiro atoms. The van der Waals surface area contributed by atoms with E-state index in [1.807, 2.05) is 25.1 Å². The van der Waals surface area contributed by atoms with Crippen LogP contribution in [0.2, 0.25) is 0 Å². The summed E-state index contributed by atoms with van der Waals surface area (Å²) >= 11 is 0. The molecule has 0 saturated heterocycles. The van der Waals surface area contributed by atoms with Gasteiger partial charge in [0.15, 0.2) is 0 Å². The third-order valence-electron chi connectivity index (χ3n) is 6.97. The summed E-state index contributed by atoms with van der Waals surface area (Å²) in [4.78, 5) is 17.5. The van der Waals surface area contributed by atoms with E-state index in [9.17, 15) is 23.1 Å². The normalized spacial score (nSPS) is 16.5. The SMILES string of the molecule is CC(=NCCc1ccc(F)cc1)Nc1ccc2c(c1)[C@@H](NC(=O)c1ccc(-c3ccccc3F)cc1F)[C@H](O)C2. The molecule has 0 bridgehead atoms. The van der Waals surface area contributed by atoms with E-state index in [2.05, 4.69) is 15.6 Å². The standard InChI is InChI=1S/C32H28F3N3O2/c1-19(36-15-14-20-6-10-23(33)11-7-20)37-24-12-8-22-17-30(39)31(27(22)18-24)38-32(40)26-13-9-21(16-29(26)35)25-4-2-3-5-28(25)34/h2-13,16,18,30-31,39H,14-15,17H2,1H3,(H,36,37)(H,38,40)/t30-,31-/m1/s1. The monoisotopic (exact) mass is 543 g/mol. The molecule has 2 atom stereocenters. The number of amides is 1. The van der Waals surface area contributed by atoms with Crippen LogP contribution < -0.4 is 10.6 Å². The number of aliphatic imine (C=N–C) groups is 1. The number of hydrogen-bond acceptors (Lipinski definition) is 3. The number of carbonyl (C=O) groups excluding carboxylic acids is 1. The maximum absolute atomic E-state index is 14.9. The van der Waals surface area contributed by atoms with Crippen LogP contribution >= 0.6 is 0 Å². The van der Waals surface area contributed by atoms with Crippen molar-refractivity contribution in [1.82, 2.24) is 5.32 Å². The molecular weight excluding hydrogens is 515 g/mol. The molecule has 204 valence electrons. The van der Waals surface area contributed by atoms with E-state index in [0.29, 0.717) is 30.8 Å². The minimum atomic E-state index is -0.875. The zero-order valence-corrected chi connectivity index (χ0v) is 21.8. The lowest BCUT2D eigenvalue weighted by Gasteiger charge is -2.19. The summed E-state index contributed by atoms with van der Waals surface area (Å²) in [6, 6.07) is 21.1. The van der Waals surface area contributed by atoms with E-state index in [-0.39, 0.29) is 16.9 Å². The van der Waals surface area contributed by atoms with Crippen molar-refractivity contribution in [3.63, 3.8) is 0 Å². The first kappa shape index (κ1) is 27.1. The van der Waals surface area contributed by atoms with Crippen LogP contribution in [0.4, 0.5) is 18.9 Å². The summed E-state index contributed by atoms with van der Waals surface area (Å²) in [6.07, 6.45) is 0.141. The van der Waals surface area contributed by atoms with Gasteiger partial charge in [-0.05, 0) is 78.1 Å². The molecule has 8 heteroatoms. The first-order valence-electron chi connectivity index (χ1n) is 13.0. The van der Waals surface area contributed by atoms with Crippen molar-refractivity contribution in [2.24, 2.45) is 4.99 Å². The Balaban J connectivity index is 1.26. The number of nitrogens with zero attached hydrogens (tertiary/aromatic N) is 1. The molecular formula is C32H28F3N3O2. The topological polar surface area (TPSA) is 73.7 Å². The Morgan fingerprint density at radius 3 is 2.48 bits per heavy atom. The van der Waals surface area contributed by atoms with Crippen molar-refractivity contribution in [2.75, 3.05) is 11.9 Å². The Bertz CT molecular complexity index is 1570. The summed E-state index contributed by atoms with van der Waals surface area (Å²) in [5.41, 5.74) is 3.70. The second kappa shape index (κ2) is 11.8. The Hall–Kier alpha value is -4.43. The summed E-state index contributed by atoms with van der Waals surface area (Å²) in [5, 5.41) is 16.7. The fourth-order valence-electron chi connectivity index (χ4n) is 4.91. The van der Waals surface area contributed by atoms with Crippen LogP contribution in [-0.4, -0.2) is 29.5 Å². The smallest absolute Gasteiger partial charge is 0.254 e. The van der Waals surface area contributed by atoms with Crippen molar-refractivity contribution in [3.8, 4) is 11.1 Å². The van der Waals surface area contributed by atoms with E-state index in [4.69, 9.17) is 0 Å². The largest absolute Gasteiger partial charge is 0.390 e. The van der Waals surface area contributed by atoms with Gasteiger partial charge < -0.3 is 15.7 Å². The third-order valence-corrected chi connectivity index (χ3v) is 6.97. The second-order valence-corrected chi connectivity index (χ2v) is 9.78. The van der Waals surface area contributed by atoms with Crippen molar-refractivity contribution in [2.45, 2.75) is 31.9 Å². The summed E-state index contributed by atoms with van der Waals surface area (Å²) in [7, 11) is 0. The first-order chi connectivity index (χ1) is 19.3. The molecule has 0 saturated carbocycles. The van der Waals surface area contributed by atoms with E-state index in [0.717, 1.165) is 28.4 Å². The summed E-state index contributed by atoms with van der Waals surface area (Å²) < 4.78 is 42.1. The molecule has 4 aromatic rings. The lowest BCUT2D eigenvalue weighted by atomic mass is 10.0. The van der Waals surface area contributed by atoms with Gasteiger partial charge in [0, 0.05) is 24.2 Å². The van der Waals surface area contributed by atoms with Gasteiger partial charge in [-0.1, -0.05) is 42.5 Å². The van der Waals surface area contributed by atoms with Gasteiger partial charge in [0.2, 0.25) is 0 Å². The molecule has 5 nitrogen and oxygen atoms in total. The van der Waals surface area contributed by atoms with Gasteiger partial charge in [-0.15, -0.1) is 0 Å².